The second-order valence-corrected chi connectivity index (χ2v) is 6.80. The zero-order valence-electron chi connectivity index (χ0n) is 12.3. The summed E-state index contributed by atoms with van der Waals surface area (Å²) in [5.41, 5.74) is 0.770. The van der Waals surface area contributed by atoms with Gasteiger partial charge in [-0.25, -0.2) is 0 Å². The molecule has 110 valence electrons. The zero-order chi connectivity index (χ0) is 15.0. The predicted molar refractivity (Wildman–Crippen MR) is 89.6 cm³/mol. The number of hydrogen-bond acceptors (Lipinski definition) is 2. The summed E-state index contributed by atoms with van der Waals surface area (Å²) < 4.78 is 1.05. The number of halogens is 1. The lowest BCUT2D eigenvalue weighted by atomic mass is 10.0. The van der Waals surface area contributed by atoms with Gasteiger partial charge in [-0.2, -0.15) is 0 Å². The molecule has 1 amide bonds. The van der Waals surface area contributed by atoms with Crippen LogP contribution in [0.2, 0.25) is 0 Å². The molecule has 1 aliphatic rings. The zero-order valence-corrected chi connectivity index (χ0v) is 13.9. The van der Waals surface area contributed by atoms with Crippen LogP contribution in [0.5, 0.6) is 0 Å². The Kier molecular flexibility index (Phi) is 4.00. The predicted octanol–water partition coefficient (Wildman–Crippen LogP) is 3.42. The first-order valence-electron chi connectivity index (χ1n) is 7.27. The number of benzene rings is 2. The lowest BCUT2D eigenvalue weighted by molar-refractivity contribution is 0.0674. The third-order valence-electron chi connectivity index (χ3n) is 3.89. The van der Waals surface area contributed by atoms with Crippen LogP contribution in [0.15, 0.2) is 40.9 Å². The van der Waals surface area contributed by atoms with Crippen molar-refractivity contribution in [1.82, 2.24) is 10.2 Å². The molecule has 3 nitrogen and oxygen atoms in total. The first kappa shape index (κ1) is 14.5. The summed E-state index contributed by atoms with van der Waals surface area (Å²) in [6.07, 6.45) is 0. The van der Waals surface area contributed by atoms with Gasteiger partial charge in [0.15, 0.2) is 0 Å². The van der Waals surface area contributed by atoms with Crippen LogP contribution in [-0.2, 0) is 0 Å². The molecular weight excluding hydrogens is 328 g/mol. The second kappa shape index (κ2) is 5.78. The van der Waals surface area contributed by atoms with Gasteiger partial charge in [-0.3, -0.25) is 4.79 Å². The molecule has 2 unspecified atom stereocenters. The first-order chi connectivity index (χ1) is 10.0. The van der Waals surface area contributed by atoms with Crippen molar-refractivity contribution in [1.29, 1.82) is 0 Å². The molecule has 21 heavy (non-hydrogen) atoms. The SMILES string of the molecule is CC1CN(C(=O)c2ccc3cc(Br)ccc3c2)CC(C)N1. The Morgan fingerprint density at radius 3 is 2.43 bits per heavy atom. The summed E-state index contributed by atoms with van der Waals surface area (Å²) in [6.45, 7) is 5.77. The Morgan fingerprint density at radius 2 is 1.71 bits per heavy atom. The minimum Gasteiger partial charge on any atom is -0.336 e. The molecule has 0 radical (unpaired) electrons. The quantitative estimate of drug-likeness (QED) is 0.857. The van der Waals surface area contributed by atoms with Gasteiger partial charge < -0.3 is 10.2 Å². The fourth-order valence-corrected chi connectivity index (χ4v) is 3.40. The topological polar surface area (TPSA) is 32.3 Å². The molecule has 0 aliphatic carbocycles. The molecule has 0 saturated carbocycles. The molecule has 0 aromatic heterocycles. The minimum absolute atomic E-state index is 0.125. The van der Waals surface area contributed by atoms with Crippen molar-refractivity contribution < 1.29 is 4.79 Å². The van der Waals surface area contributed by atoms with Crippen LogP contribution in [0.25, 0.3) is 10.8 Å². The van der Waals surface area contributed by atoms with E-state index in [1.807, 2.05) is 35.2 Å². The number of amides is 1. The van der Waals surface area contributed by atoms with Gasteiger partial charge in [-0.15, -0.1) is 0 Å². The number of carbonyl (C=O) groups excluding carboxylic acids is 1. The highest BCUT2D eigenvalue weighted by molar-refractivity contribution is 9.10. The van der Waals surface area contributed by atoms with Gasteiger partial charge >= 0.3 is 0 Å². The maximum absolute atomic E-state index is 12.7. The monoisotopic (exact) mass is 346 g/mol. The number of fused-ring (bicyclic) bond motifs is 1. The van der Waals surface area contributed by atoms with Gasteiger partial charge in [0, 0.05) is 35.2 Å². The number of piperazine rings is 1. The van der Waals surface area contributed by atoms with E-state index in [0.717, 1.165) is 33.9 Å². The molecule has 1 heterocycles. The minimum atomic E-state index is 0.125. The average molecular weight is 347 g/mol. The third-order valence-corrected chi connectivity index (χ3v) is 4.39. The molecule has 1 N–H and O–H groups in total. The summed E-state index contributed by atoms with van der Waals surface area (Å²) >= 11 is 3.47. The maximum Gasteiger partial charge on any atom is 0.253 e. The molecule has 3 rings (SSSR count). The number of hydrogen-bond donors (Lipinski definition) is 1. The van der Waals surface area contributed by atoms with Crippen LogP contribution in [0.1, 0.15) is 24.2 Å². The highest BCUT2D eigenvalue weighted by atomic mass is 79.9. The standard InChI is InChI=1S/C17H19BrN2O/c1-11-9-20(10-12(2)19-11)17(21)15-4-3-14-8-16(18)6-5-13(14)7-15/h3-8,11-12,19H,9-10H2,1-2H3. The van der Waals surface area contributed by atoms with Gasteiger partial charge in [0.1, 0.15) is 0 Å². The highest BCUT2D eigenvalue weighted by Crippen LogP contribution is 2.22. The van der Waals surface area contributed by atoms with Crippen LogP contribution in [0.4, 0.5) is 0 Å². The molecular formula is C17H19BrN2O. The van der Waals surface area contributed by atoms with Crippen molar-refractivity contribution in [3.8, 4) is 0 Å². The summed E-state index contributed by atoms with van der Waals surface area (Å²) in [7, 11) is 0. The fraction of sp³-hybridized carbons (Fsp3) is 0.353. The molecule has 4 heteroatoms. The highest BCUT2D eigenvalue weighted by Gasteiger charge is 2.25. The van der Waals surface area contributed by atoms with Gasteiger partial charge in [0.2, 0.25) is 0 Å². The number of carbonyl (C=O) groups is 1. The molecule has 2 aromatic carbocycles. The van der Waals surface area contributed by atoms with Crippen molar-refractivity contribution in [2.24, 2.45) is 0 Å². The van der Waals surface area contributed by atoms with Gasteiger partial charge in [-0.1, -0.05) is 28.1 Å². The van der Waals surface area contributed by atoms with E-state index in [0.29, 0.717) is 12.1 Å². The van der Waals surface area contributed by atoms with E-state index in [9.17, 15) is 4.79 Å². The van der Waals surface area contributed by atoms with Crippen LogP contribution >= 0.6 is 15.9 Å². The van der Waals surface area contributed by atoms with Gasteiger partial charge in [-0.05, 0) is 48.9 Å². The van der Waals surface area contributed by atoms with Gasteiger partial charge in [0.25, 0.3) is 5.91 Å². The van der Waals surface area contributed by atoms with Crippen LogP contribution in [-0.4, -0.2) is 36.0 Å². The molecule has 1 aliphatic heterocycles. The van der Waals surface area contributed by atoms with E-state index < -0.39 is 0 Å². The van der Waals surface area contributed by atoms with E-state index in [1.54, 1.807) is 0 Å². The molecule has 2 aromatic rings. The number of rotatable bonds is 1. The molecule has 0 spiro atoms. The van der Waals surface area contributed by atoms with E-state index >= 15 is 0 Å². The van der Waals surface area contributed by atoms with Crippen molar-refractivity contribution >= 4 is 32.6 Å². The van der Waals surface area contributed by atoms with Crippen LogP contribution in [0, 0.1) is 0 Å². The van der Waals surface area contributed by atoms with Crippen LogP contribution < -0.4 is 5.32 Å². The second-order valence-electron chi connectivity index (χ2n) is 5.89. The van der Waals surface area contributed by atoms with Crippen molar-refractivity contribution in [2.45, 2.75) is 25.9 Å². The van der Waals surface area contributed by atoms with Crippen molar-refractivity contribution in [3.63, 3.8) is 0 Å². The number of nitrogens with zero attached hydrogens (tertiary/aromatic N) is 1. The Hall–Kier alpha value is -1.39. The Bertz CT molecular complexity index is 676. The molecule has 0 bridgehead atoms. The summed E-state index contributed by atoms with van der Waals surface area (Å²) in [5.74, 6) is 0.125. The molecule has 1 saturated heterocycles. The molecule has 1 fully saturated rings. The Morgan fingerprint density at radius 1 is 1.10 bits per heavy atom. The van der Waals surface area contributed by atoms with E-state index in [4.69, 9.17) is 0 Å². The fourth-order valence-electron chi connectivity index (χ4n) is 3.02. The third kappa shape index (κ3) is 3.11. The summed E-state index contributed by atoms with van der Waals surface area (Å²) in [6, 6.07) is 12.7. The summed E-state index contributed by atoms with van der Waals surface area (Å²) in [4.78, 5) is 14.6. The van der Waals surface area contributed by atoms with E-state index in [-0.39, 0.29) is 5.91 Å². The number of nitrogens with one attached hydrogen (secondary N) is 1. The van der Waals surface area contributed by atoms with Crippen LogP contribution in [0.3, 0.4) is 0 Å². The lowest BCUT2D eigenvalue weighted by Crippen LogP contribution is -2.55. The van der Waals surface area contributed by atoms with Crippen molar-refractivity contribution in [3.05, 3.63) is 46.4 Å². The summed E-state index contributed by atoms with van der Waals surface area (Å²) in [5, 5.41) is 5.69. The van der Waals surface area contributed by atoms with E-state index in [2.05, 4.69) is 41.2 Å². The normalized spacial score (nSPS) is 22.5. The largest absolute Gasteiger partial charge is 0.336 e. The first-order valence-corrected chi connectivity index (χ1v) is 8.07. The lowest BCUT2D eigenvalue weighted by Gasteiger charge is -2.36. The average Bonchev–Trinajstić information content (AvgIpc) is 2.45. The van der Waals surface area contributed by atoms with Crippen molar-refractivity contribution in [2.75, 3.05) is 13.1 Å². The maximum atomic E-state index is 12.7. The Balaban J connectivity index is 1.89. The Labute approximate surface area is 133 Å². The smallest absolute Gasteiger partial charge is 0.253 e. The van der Waals surface area contributed by atoms with E-state index in [1.165, 1.54) is 0 Å². The molecule has 2 atom stereocenters. The van der Waals surface area contributed by atoms with Gasteiger partial charge in [0.05, 0.1) is 0 Å².